The fourth-order valence-electron chi connectivity index (χ4n) is 0. The molecule has 0 aromatic rings. The first-order chi connectivity index (χ1) is 4.91. The SMILES string of the molecule is C=C(C)C(=O)Cl.CC(O)CN. The van der Waals surface area contributed by atoms with E-state index in [1.807, 2.05) is 0 Å². The lowest BCUT2D eigenvalue weighted by Crippen LogP contribution is -2.14. The van der Waals surface area contributed by atoms with Crippen LogP contribution in [0.25, 0.3) is 0 Å². The van der Waals surface area contributed by atoms with E-state index in [4.69, 9.17) is 22.4 Å². The minimum absolute atomic E-state index is 0.338. The van der Waals surface area contributed by atoms with Crippen LogP contribution in [0.15, 0.2) is 12.2 Å². The first-order valence-corrected chi connectivity index (χ1v) is 3.53. The van der Waals surface area contributed by atoms with Gasteiger partial charge in [-0.2, -0.15) is 0 Å². The molecule has 0 aliphatic carbocycles. The second-order valence-electron chi connectivity index (χ2n) is 2.14. The Kier molecular flexibility index (Phi) is 9.29. The molecule has 1 atom stereocenters. The van der Waals surface area contributed by atoms with Gasteiger partial charge in [-0.15, -0.1) is 0 Å². The van der Waals surface area contributed by atoms with Crippen molar-refractivity contribution in [3.05, 3.63) is 12.2 Å². The topological polar surface area (TPSA) is 63.3 Å². The van der Waals surface area contributed by atoms with E-state index >= 15 is 0 Å². The number of hydrogen-bond acceptors (Lipinski definition) is 3. The Labute approximate surface area is 71.8 Å². The maximum absolute atomic E-state index is 9.81. The van der Waals surface area contributed by atoms with Crippen LogP contribution in [-0.2, 0) is 4.79 Å². The summed E-state index contributed by atoms with van der Waals surface area (Å²) < 4.78 is 0. The van der Waals surface area contributed by atoms with Gasteiger partial charge in [0.05, 0.1) is 6.10 Å². The Hall–Kier alpha value is -0.380. The van der Waals surface area contributed by atoms with Crippen molar-refractivity contribution in [2.75, 3.05) is 6.54 Å². The highest BCUT2D eigenvalue weighted by Crippen LogP contribution is 1.91. The number of halogens is 1. The zero-order valence-corrected chi connectivity index (χ0v) is 7.56. The summed E-state index contributed by atoms with van der Waals surface area (Å²) in [5.41, 5.74) is 5.31. The molecule has 0 amide bonds. The van der Waals surface area contributed by atoms with Crippen molar-refractivity contribution in [1.29, 1.82) is 0 Å². The van der Waals surface area contributed by atoms with Gasteiger partial charge >= 0.3 is 0 Å². The van der Waals surface area contributed by atoms with E-state index in [9.17, 15) is 4.79 Å². The molecule has 11 heavy (non-hydrogen) atoms. The molecule has 0 aromatic heterocycles. The summed E-state index contributed by atoms with van der Waals surface area (Å²) in [6.45, 7) is 6.85. The van der Waals surface area contributed by atoms with Crippen LogP contribution in [0.5, 0.6) is 0 Å². The highest BCUT2D eigenvalue weighted by Gasteiger charge is 1.89. The van der Waals surface area contributed by atoms with Crippen LogP contribution < -0.4 is 5.73 Å². The summed E-state index contributed by atoms with van der Waals surface area (Å²) in [6.07, 6.45) is -0.338. The van der Waals surface area contributed by atoms with Crippen molar-refractivity contribution in [2.45, 2.75) is 20.0 Å². The Morgan fingerprint density at radius 3 is 2.00 bits per heavy atom. The molecular formula is C7H14ClNO2. The molecule has 4 heteroatoms. The van der Waals surface area contributed by atoms with E-state index in [1.165, 1.54) is 0 Å². The molecule has 0 saturated heterocycles. The molecule has 3 nitrogen and oxygen atoms in total. The van der Waals surface area contributed by atoms with Crippen molar-refractivity contribution in [3.63, 3.8) is 0 Å². The number of nitrogens with two attached hydrogens (primary N) is 1. The molecule has 0 fully saturated rings. The van der Waals surface area contributed by atoms with Crippen LogP contribution in [-0.4, -0.2) is 23.0 Å². The fourth-order valence-corrected chi connectivity index (χ4v) is 0. The Balaban J connectivity index is 0. The second-order valence-corrected chi connectivity index (χ2v) is 2.48. The molecule has 3 N–H and O–H groups in total. The molecule has 1 unspecified atom stereocenters. The van der Waals surface area contributed by atoms with E-state index in [0.29, 0.717) is 12.1 Å². The van der Waals surface area contributed by atoms with E-state index in [0.717, 1.165) is 0 Å². The van der Waals surface area contributed by atoms with Crippen molar-refractivity contribution in [1.82, 2.24) is 0 Å². The van der Waals surface area contributed by atoms with Gasteiger partial charge in [0.25, 0.3) is 0 Å². The normalized spacial score (nSPS) is 11.0. The van der Waals surface area contributed by atoms with Crippen molar-refractivity contribution in [2.24, 2.45) is 5.73 Å². The van der Waals surface area contributed by atoms with Crippen LogP contribution in [0.1, 0.15) is 13.8 Å². The van der Waals surface area contributed by atoms with Crippen molar-refractivity contribution < 1.29 is 9.90 Å². The first kappa shape index (κ1) is 13.2. The van der Waals surface area contributed by atoms with Gasteiger partial charge in [-0.05, 0) is 25.4 Å². The average Bonchev–Trinajstić information content (AvgIpc) is 1.89. The van der Waals surface area contributed by atoms with Gasteiger partial charge in [-0.1, -0.05) is 6.58 Å². The quantitative estimate of drug-likeness (QED) is 0.484. The molecule has 0 saturated carbocycles. The van der Waals surface area contributed by atoms with Gasteiger partial charge in [0.15, 0.2) is 0 Å². The van der Waals surface area contributed by atoms with E-state index in [1.54, 1.807) is 13.8 Å². The second kappa shape index (κ2) is 7.72. The first-order valence-electron chi connectivity index (χ1n) is 3.15. The molecule has 0 bridgehead atoms. The molecule has 0 aliphatic rings. The maximum Gasteiger partial charge on any atom is 0.247 e. The van der Waals surface area contributed by atoms with E-state index in [2.05, 4.69) is 6.58 Å². The van der Waals surface area contributed by atoms with Crippen LogP contribution >= 0.6 is 11.6 Å². The Morgan fingerprint density at radius 1 is 1.82 bits per heavy atom. The lowest BCUT2D eigenvalue weighted by Gasteiger charge is -1.91. The number of aliphatic hydroxyl groups excluding tert-OH is 1. The minimum Gasteiger partial charge on any atom is -0.392 e. The highest BCUT2D eigenvalue weighted by atomic mass is 35.5. The predicted octanol–water partition coefficient (Wildman–Crippen LogP) is 0.654. The van der Waals surface area contributed by atoms with Crippen LogP contribution in [0.4, 0.5) is 0 Å². The molecule has 0 heterocycles. The Morgan fingerprint density at radius 2 is 2.00 bits per heavy atom. The van der Waals surface area contributed by atoms with Crippen LogP contribution in [0.3, 0.4) is 0 Å². The lowest BCUT2D eigenvalue weighted by molar-refractivity contribution is -0.108. The average molecular weight is 180 g/mol. The number of allylic oxidation sites excluding steroid dienone is 1. The summed E-state index contributed by atoms with van der Waals surface area (Å²) >= 11 is 4.87. The molecule has 0 aromatic carbocycles. The standard InChI is InChI=1S/C4H5ClO.C3H9NO/c1-3(2)4(5)6;1-3(5)2-4/h1H2,2H3;3,5H,2,4H2,1H3. The van der Waals surface area contributed by atoms with E-state index < -0.39 is 5.24 Å². The van der Waals surface area contributed by atoms with Gasteiger partial charge < -0.3 is 10.8 Å². The predicted molar refractivity (Wildman–Crippen MR) is 46.4 cm³/mol. The highest BCUT2D eigenvalue weighted by molar-refractivity contribution is 6.67. The van der Waals surface area contributed by atoms with E-state index in [-0.39, 0.29) is 6.10 Å². The summed E-state index contributed by atoms with van der Waals surface area (Å²) in [6, 6.07) is 0. The third kappa shape index (κ3) is 17.7. The number of carbonyl (C=O) groups excluding carboxylic acids is 1. The van der Waals surface area contributed by atoms with Crippen LogP contribution in [0, 0.1) is 0 Å². The van der Waals surface area contributed by atoms with Gasteiger partial charge in [0.2, 0.25) is 5.24 Å². The molecule has 66 valence electrons. The molecule has 0 aliphatic heterocycles. The van der Waals surface area contributed by atoms with Crippen molar-refractivity contribution >= 4 is 16.8 Å². The summed E-state index contributed by atoms with van der Waals surface area (Å²) in [7, 11) is 0. The van der Waals surface area contributed by atoms with Gasteiger partial charge in [-0.25, -0.2) is 0 Å². The third-order valence-corrected chi connectivity index (χ3v) is 0.999. The van der Waals surface area contributed by atoms with Gasteiger partial charge in [0.1, 0.15) is 0 Å². The fraction of sp³-hybridized carbons (Fsp3) is 0.571. The summed E-state index contributed by atoms with van der Waals surface area (Å²) in [5.74, 6) is 0. The smallest absolute Gasteiger partial charge is 0.247 e. The van der Waals surface area contributed by atoms with Gasteiger partial charge in [-0.3, -0.25) is 4.79 Å². The third-order valence-electron chi connectivity index (χ3n) is 0.677. The molecule has 0 rings (SSSR count). The zero-order valence-electron chi connectivity index (χ0n) is 6.80. The summed E-state index contributed by atoms with van der Waals surface area (Å²) in [4.78, 5) is 9.81. The molecular weight excluding hydrogens is 166 g/mol. The number of rotatable bonds is 2. The number of aliphatic hydroxyl groups is 1. The van der Waals surface area contributed by atoms with Gasteiger partial charge in [0, 0.05) is 12.1 Å². The molecule has 0 spiro atoms. The van der Waals surface area contributed by atoms with Crippen molar-refractivity contribution in [3.8, 4) is 0 Å². The number of carbonyl (C=O) groups is 1. The zero-order chi connectivity index (χ0) is 9.44. The Bertz CT molecular complexity index is 122. The summed E-state index contributed by atoms with van der Waals surface area (Å²) in [5, 5.41) is 7.77. The maximum atomic E-state index is 9.81. The lowest BCUT2D eigenvalue weighted by atomic mass is 10.4. The largest absolute Gasteiger partial charge is 0.392 e. The number of hydrogen-bond donors (Lipinski definition) is 2. The van der Waals surface area contributed by atoms with Crippen LogP contribution in [0.2, 0.25) is 0 Å². The monoisotopic (exact) mass is 179 g/mol. The molecule has 0 radical (unpaired) electrons. The minimum atomic E-state index is -0.463.